The van der Waals surface area contributed by atoms with E-state index in [0.29, 0.717) is 13.0 Å². The van der Waals surface area contributed by atoms with E-state index in [1.54, 1.807) is 0 Å². The van der Waals surface area contributed by atoms with E-state index < -0.39 is 24.0 Å². The predicted octanol–water partition coefficient (Wildman–Crippen LogP) is -0.968. The molecule has 0 aliphatic rings. The first-order chi connectivity index (χ1) is 6.99. The Morgan fingerprint density at radius 2 is 2.00 bits per heavy atom. The van der Waals surface area contributed by atoms with Crippen molar-refractivity contribution in [3.05, 3.63) is 0 Å². The van der Waals surface area contributed by atoms with Crippen LogP contribution in [0.2, 0.25) is 0 Å². The smallest absolute Gasteiger partial charge is 0.325 e. The zero-order valence-electron chi connectivity index (χ0n) is 8.90. The minimum Gasteiger partial charge on any atom is -0.480 e. The van der Waals surface area contributed by atoms with Crippen LogP contribution in [0.25, 0.3) is 0 Å². The molecule has 0 aromatic carbocycles. The van der Waals surface area contributed by atoms with Gasteiger partial charge in [-0.2, -0.15) is 0 Å². The summed E-state index contributed by atoms with van der Waals surface area (Å²) in [5.41, 5.74) is 10.9. The van der Waals surface area contributed by atoms with Crippen molar-refractivity contribution in [1.29, 1.82) is 0 Å². The number of rotatable bonds is 7. The lowest BCUT2D eigenvalue weighted by atomic mass is 10.1. The summed E-state index contributed by atoms with van der Waals surface area (Å²) in [6, 6.07) is -1.56. The van der Waals surface area contributed by atoms with Gasteiger partial charge in [-0.25, -0.2) is 0 Å². The van der Waals surface area contributed by atoms with Gasteiger partial charge in [0.25, 0.3) is 0 Å². The second kappa shape index (κ2) is 7.19. The van der Waals surface area contributed by atoms with Crippen LogP contribution in [-0.2, 0) is 9.59 Å². The molecule has 15 heavy (non-hydrogen) atoms. The number of carbonyl (C=O) groups is 2. The van der Waals surface area contributed by atoms with Crippen LogP contribution in [0.1, 0.15) is 26.2 Å². The SMILES string of the molecule is C[C@@H](NC(=O)[C@H](N)CCCCN)C(=O)O. The standard InChI is InChI=1S/C9H19N3O3/c1-6(9(14)15)12-8(13)7(11)4-2-3-5-10/h6-7H,2-5,10-11H2,1H3,(H,12,13)(H,14,15)/t6-,7-/m1/s1. The van der Waals surface area contributed by atoms with E-state index in [1.165, 1.54) is 6.92 Å². The third-order valence-electron chi connectivity index (χ3n) is 2.04. The molecular formula is C9H19N3O3. The lowest BCUT2D eigenvalue weighted by molar-refractivity contribution is -0.141. The van der Waals surface area contributed by atoms with Crippen molar-refractivity contribution in [2.75, 3.05) is 6.54 Å². The topological polar surface area (TPSA) is 118 Å². The second-order valence-electron chi connectivity index (χ2n) is 3.46. The summed E-state index contributed by atoms with van der Waals surface area (Å²) in [5, 5.41) is 10.9. The first-order valence-corrected chi connectivity index (χ1v) is 4.98. The Morgan fingerprint density at radius 3 is 2.47 bits per heavy atom. The molecule has 0 spiro atoms. The Kier molecular flexibility index (Phi) is 6.64. The van der Waals surface area contributed by atoms with E-state index in [1.807, 2.05) is 0 Å². The largest absolute Gasteiger partial charge is 0.480 e. The van der Waals surface area contributed by atoms with Crippen molar-refractivity contribution in [3.8, 4) is 0 Å². The lowest BCUT2D eigenvalue weighted by Crippen LogP contribution is -2.47. The molecular weight excluding hydrogens is 198 g/mol. The average Bonchev–Trinajstić information content (AvgIpc) is 2.17. The molecule has 0 bridgehead atoms. The first kappa shape index (κ1) is 13.9. The first-order valence-electron chi connectivity index (χ1n) is 4.98. The van der Waals surface area contributed by atoms with Gasteiger partial charge in [-0.05, 0) is 26.3 Å². The fraction of sp³-hybridized carbons (Fsp3) is 0.778. The summed E-state index contributed by atoms with van der Waals surface area (Å²) in [6.07, 6.45) is 2.11. The minimum absolute atomic E-state index is 0.429. The second-order valence-corrected chi connectivity index (χ2v) is 3.46. The van der Waals surface area contributed by atoms with Crippen LogP contribution >= 0.6 is 0 Å². The fourth-order valence-electron chi connectivity index (χ4n) is 1.02. The van der Waals surface area contributed by atoms with Gasteiger partial charge >= 0.3 is 5.97 Å². The molecule has 6 nitrogen and oxygen atoms in total. The highest BCUT2D eigenvalue weighted by molar-refractivity contribution is 5.86. The quantitative estimate of drug-likeness (QED) is 0.409. The maximum atomic E-state index is 11.3. The van der Waals surface area contributed by atoms with Gasteiger partial charge in [-0.15, -0.1) is 0 Å². The minimum atomic E-state index is -1.07. The molecule has 0 aromatic rings. The Labute approximate surface area is 89.0 Å². The predicted molar refractivity (Wildman–Crippen MR) is 56.1 cm³/mol. The van der Waals surface area contributed by atoms with Gasteiger partial charge in [-0.1, -0.05) is 6.42 Å². The number of amides is 1. The zero-order valence-corrected chi connectivity index (χ0v) is 8.90. The highest BCUT2D eigenvalue weighted by Gasteiger charge is 2.18. The summed E-state index contributed by atoms with van der Waals surface area (Å²) in [4.78, 5) is 21.8. The maximum absolute atomic E-state index is 11.3. The zero-order chi connectivity index (χ0) is 11.8. The normalized spacial score (nSPS) is 14.3. The molecule has 88 valence electrons. The number of hydrogen-bond acceptors (Lipinski definition) is 4. The van der Waals surface area contributed by atoms with Gasteiger partial charge in [0.05, 0.1) is 6.04 Å². The molecule has 0 aromatic heterocycles. The third kappa shape index (κ3) is 6.03. The molecule has 2 atom stereocenters. The molecule has 0 rings (SSSR count). The number of nitrogens with two attached hydrogens (primary N) is 2. The molecule has 0 heterocycles. The lowest BCUT2D eigenvalue weighted by Gasteiger charge is -2.14. The van der Waals surface area contributed by atoms with Gasteiger partial charge in [0.2, 0.25) is 5.91 Å². The van der Waals surface area contributed by atoms with Gasteiger partial charge in [0, 0.05) is 0 Å². The fourth-order valence-corrected chi connectivity index (χ4v) is 1.02. The molecule has 6 N–H and O–H groups in total. The highest BCUT2D eigenvalue weighted by atomic mass is 16.4. The van der Waals surface area contributed by atoms with Crippen LogP contribution in [0.5, 0.6) is 0 Å². The van der Waals surface area contributed by atoms with E-state index in [9.17, 15) is 9.59 Å². The monoisotopic (exact) mass is 217 g/mol. The molecule has 0 unspecified atom stereocenters. The maximum Gasteiger partial charge on any atom is 0.325 e. The van der Waals surface area contributed by atoms with Crippen molar-refractivity contribution in [3.63, 3.8) is 0 Å². The molecule has 0 aliphatic heterocycles. The molecule has 0 saturated carbocycles. The molecule has 1 amide bonds. The van der Waals surface area contributed by atoms with E-state index >= 15 is 0 Å². The molecule has 0 fully saturated rings. The summed E-state index contributed by atoms with van der Waals surface area (Å²) < 4.78 is 0. The van der Waals surface area contributed by atoms with E-state index in [2.05, 4.69) is 5.32 Å². The summed E-state index contributed by atoms with van der Waals surface area (Å²) >= 11 is 0. The van der Waals surface area contributed by atoms with Crippen molar-refractivity contribution >= 4 is 11.9 Å². The molecule has 0 radical (unpaired) electrons. The number of aliphatic carboxylic acids is 1. The number of nitrogens with one attached hydrogen (secondary N) is 1. The number of carboxylic acid groups (broad SMARTS) is 1. The molecule has 0 saturated heterocycles. The number of hydrogen-bond donors (Lipinski definition) is 4. The third-order valence-corrected chi connectivity index (χ3v) is 2.04. The van der Waals surface area contributed by atoms with Gasteiger partial charge < -0.3 is 21.9 Å². The van der Waals surface area contributed by atoms with Gasteiger partial charge in [-0.3, -0.25) is 9.59 Å². The Balaban J connectivity index is 3.83. The van der Waals surface area contributed by atoms with E-state index in [4.69, 9.17) is 16.6 Å². The summed E-state index contributed by atoms with van der Waals surface area (Å²) in [5.74, 6) is -1.50. The Morgan fingerprint density at radius 1 is 1.40 bits per heavy atom. The van der Waals surface area contributed by atoms with Crippen molar-refractivity contribution in [2.45, 2.75) is 38.3 Å². The van der Waals surface area contributed by atoms with E-state index in [0.717, 1.165) is 12.8 Å². The molecule has 0 aliphatic carbocycles. The van der Waals surface area contributed by atoms with Gasteiger partial charge in [0.15, 0.2) is 0 Å². The summed E-state index contributed by atoms with van der Waals surface area (Å²) in [6.45, 7) is 1.96. The van der Waals surface area contributed by atoms with Crippen LogP contribution in [0.15, 0.2) is 0 Å². The highest BCUT2D eigenvalue weighted by Crippen LogP contribution is 1.98. The van der Waals surface area contributed by atoms with Crippen LogP contribution in [0.4, 0.5) is 0 Å². The Bertz CT molecular complexity index is 221. The van der Waals surface area contributed by atoms with Crippen molar-refractivity contribution < 1.29 is 14.7 Å². The van der Waals surface area contributed by atoms with Crippen LogP contribution < -0.4 is 16.8 Å². The number of unbranched alkanes of at least 4 members (excludes halogenated alkanes) is 1. The average molecular weight is 217 g/mol. The summed E-state index contributed by atoms with van der Waals surface area (Å²) in [7, 11) is 0. The van der Waals surface area contributed by atoms with E-state index in [-0.39, 0.29) is 0 Å². The van der Waals surface area contributed by atoms with Gasteiger partial charge in [0.1, 0.15) is 6.04 Å². The van der Waals surface area contributed by atoms with Crippen LogP contribution in [0.3, 0.4) is 0 Å². The number of carbonyl (C=O) groups excluding carboxylic acids is 1. The van der Waals surface area contributed by atoms with Crippen molar-refractivity contribution in [2.24, 2.45) is 11.5 Å². The van der Waals surface area contributed by atoms with Crippen LogP contribution in [-0.4, -0.2) is 35.6 Å². The van der Waals surface area contributed by atoms with Crippen LogP contribution in [0, 0.1) is 0 Å². The molecule has 6 heteroatoms. The number of carboxylic acids is 1. The Hall–Kier alpha value is -1.14. The van der Waals surface area contributed by atoms with Crippen molar-refractivity contribution in [1.82, 2.24) is 5.32 Å².